The number of carbonyl (C=O) groups is 1. The van der Waals surface area contributed by atoms with Crippen molar-refractivity contribution in [3.8, 4) is 0 Å². The fourth-order valence-electron chi connectivity index (χ4n) is 0.757. The van der Waals surface area contributed by atoms with Crippen molar-refractivity contribution in [3.05, 3.63) is 0 Å². The molecule has 0 saturated heterocycles. The van der Waals surface area contributed by atoms with E-state index in [0.29, 0.717) is 13.0 Å². The average molecular weight is 144 g/mol. The Balaban J connectivity index is 3.61. The SMILES string of the molecule is CCC(=O)[C@@H](N)CN(C)C. The Morgan fingerprint density at radius 3 is 2.40 bits per heavy atom. The highest BCUT2D eigenvalue weighted by Gasteiger charge is 2.10. The minimum atomic E-state index is -0.306. The zero-order valence-corrected chi connectivity index (χ0v) is 6.92. The largest absolute Gasteiger partial charge is 0.320 e. The van der Waals surface area contributed by atoms with Gasteiger partial charge in [0.15, 0.2) is 5.78 Å². The Hall–Kier alpha value is -0.410. The smallest absolute Gasteiger partial charge is 0.150 e. The first kappa shape index (κ1) is 9.59. The van der Waals surface area contributed by atoms with Gasteiger partial charge in [0.2, 0.25) is 0 Å². The Bertz CT molecular complexity index is 112. The van der Waals surface area contributed by atoms with E-state index in [0.717, 1.165) is 0 Å². The van der Waals surface area contributed by atoms with Crippen LogP contribution in [0.2, 0.25) is 0 Å². The number of ketones is 1. The first-order valence-corrected chi connectivity index (χ1v) is 3.51. The predicted octanol–water partition coefficient (Wildman–Crippen LogP) is -0.146. The normalized spacial score (nSPS) is 13.7. The van der Waals surface area contributed by atoms with Gasteiger partial charge in [-0.15, -0.1) is 0 Å². The van der Waals surface area contributed by atoms with Crippen LogP contribution in [-0.2, 0) is 4.79 Å². The number of carbonyl (C=O) groups excluding carboxylic acids is 1. The molecular formula is C7H16N2O. The van der Waals surface area contributed by atoms with Crippen LogP contribution in [0.3, 0.4) is 0 Å². The molecule has 0 amide bonds. The maximum Gasteiger partial charge on any atom is 0.150 e. The summed E-state index contributed by atoms with van der Waals surface area (Å²) in [6.45, 7) is 2.48. The van der Waals surface area contributed by atoms with Crippen LogP contribution >= 0.6 is 0 Å². The van der Waals surface area contributed by atoms with Gasteiger partial charge in [-0.2, -0.15) is 0 Å². The van der Waals surface area contributed by atoms with Crippen molar-refractivity contribution < 1.29 is 4.79 Å². The van der Waals surface area contributed by atoms with Crippen LogP contribution in [0.1, 0.15) is 13.3 Å². The van der Waals surface area contributed by atoms with Crippen LogP contribution in [0.25, 0.3) is 0 Å². The molecule has 0 saturated carbocycles. The van der Waals surface area contributed by atoms with Gasteiger partial charge < -0.3 is 10.6 Å². The van der Waals surface area contributed by atoms with E-state index in [1.165, 1.54) is 0 Å². The minimum Gasteiger partial charge on any atom is -0.320 e. The van der Waals surface area contributed by atoms with Crippen LogP contribution < -0.4 is 5.73 Å². The number of hydrogen-bond donors (Lipinski definition) is 1. The monoisotopic (exact) mass is 144 g/mol. The van der Waals surface area contributed by atoms with Crippen LogP contribution in [0.4, 0.5) is 0 Å². The molecule has 0 radical (unpaired) electrons. The summed E-state index contributed by atoms with van der Waals surface area (Å²) in [4.78, 5) is 12.8. The van der Waals surface area contributed by atoms with Crippen molar-refractivity contribution in [2.45, 2.75) is 19.4 Å². The fourth-order valence-corrected chi connectivity index (χ4v) is 0.757. The third-order valence-electron chi connectivity index (χ3n) is 1.32. The van der Waals surface area contributed by atoms with E-state index < -0.39 is 0 Å². The molecule has 60 valence electrons. The van der Waals surface area contributed by atoms with E-state index in [2.05, 4.69) is 0 Å². The van der Waals surface area contributed by atoms with Gasteiger partial charge in [0.05, 0.1) is 6.04 Å². The molecule has 0 aromatic rings. The summed E-state index contributed by atoms with van der Waals surface area (Å²) in [5, 5.41) is 0. The first-order valence-electron chi connectivity index (χ1n) is 3.51. The molecule has 0 aromatic carbocycles. The lowest BCUT2D eigenvalue weighted by Crippen LogP contribution is -2.39. The van der Waals surface area contributed by atoms with Crippen LogP contribution in [-0.4, -0.2) is 37.4 Å². The van der Waals surface area contributed by atoms with Gasteiger partial charge in [-0.25, -0.2) is 0 Å². The number of nitrogens with zero attached hydrogens (tertiary/aromatic N) is 1. The highest BCUT2D eigenvalue weighted by Crippen LogP contribution is 1.88. The van der Waals surface area contributed by atoms with Gasteiger partial charge in [-0.1, -0.05) is 6.92 Å². The summed E-state index contributed by atoms with van der Waals surface area (Å²) in [5.41, 5.74) is 5.54. The van der Waals surface area contributed by atoms with E-state index in [1.54, 1.807) is 0 Å². The summed E-state index contributed by atoms with van der Waals surface area (Å²) in [6, 6.07) is -0.306. The second-order valence-electron chi connectivity index (χ2n) is 2.69. The minimum absolute atomic E-state index is 0.133. The molecular weight excluding hydrogens is 128 g/mol. The molecule has 0 heterocycles. The Morgan fingerprint density at radius 1 is 1.60 bits per heavy atom. The number of rotatable bonds is 4. The number of nitrogens with two attached hydrogens (primary N) is 1. The van der Waals surface area contributed by atoms with Crippen molar-refractivity contribution in [1.82, 2.24) is 4.90 Å². The summed E-state index contributed by atoms with van der Waals surface area (Å²) in [7, 11) is 3.81. The van der Waals surface area contributed by atoms with Gasteiger partial charge in [-0.3, -0.25) is 4.79 Å². The molecule has 0 aliphatic rings. The molecule has 0 bridgehead atoms. The molecule has 0 aliphatic heterocycles. The molecule has 0 fully saturated rings. The average Bonchev–Trinajstić information content (AvgIpc) is 1.85. The molecule has 2 N–H and O–H groups in total. The van der Waals surface area contributed by atoms with Gasteiger partial charge >= 0.3 is 0 Å². The number of likely N-dealkylation sites (N-methyl/N-ethyl adjacent to an activating group) is 1. The van der Waals surface area contributed by atoms with Crippen molar-refractivity contribution in [2.24, 2.45) is 5.73 Å². The molecule has 3 nitrogen and oxygen atoms in total. The van der Waals surface area contributed by atoms with Crippen molar-refractivity contribution >= 4 is 5.78 Å². The highest BCUT2D eigenvalue weighted by molar-refractivity contribution is 5.83. The Kier molecular flexibility index (Phi) is 4.23. The molecule has 0 rings (SSSR count). The number of Topliss-reactive ketones (excluding diaryl/α,β-unsaturated/α-hetero) is 1. The third kappa shape index (κ3) is 3.58. The van der Waals surface area contributed by atoms with E-state index >= 15 is 0 Å². The summed E-state index contributed by atoms with van der Waals surface area (Å²) in [6.07, 6.45) is 0.537. The van der Waals surface area contributed by atoms with E-state index in [4.69, 9.17) is 5.73 Å². The van der Waals surface area contributed by atoms with E-state index in [9.17, 15) is 4.79 Å². The quantitative estimate of drug-likeness (QED) is 0.597. The molecule has 3 heteroatoms. The standard InChI is InChI=1S/C7H16N2O/c1-4-7(10)6(8)5-9(2)3/h6H,4-5,8H2,1-3H3/t6-/m0/s1. The maximum atomic E-state index is 10.9. The van der Waals surface area contributed by atoms with Gasteiger partial charge in [0.1, 0.15) is 0 Å². The van der Waals surface area contributed by atoms with Crippen LogP contribution in [0, 0.1) is 0 Å². The lowest BCUT2D eigenvalue weighted by molar-refractivity contribution is -0.120. The summed E-state index contributed by atoms with van der Waals surface area (Å²) in [5.74, 6) is 0.133. The molecule has 10 heavy (non-hydrogen) atoms. The molecule has 0 spiro atoms. The second-order valence-corrected chi connectivity index (χ2v) is 2.69. The fraction of sp³-hybridized carbons (Fsp3) is 0.857. The van der Waals surface area contributed by atoms with Crippen molar-refractivity contribution in [3.63, 3.8) is 0 Å². The van der Waals surface area contributed by atoms with E-state index in [-0.39, 0.29) is 11.8 Å². The van der Waals surface area contributed by atoms with Crippen molar-refractivity contribution in [2.75, 3.05) is 20.6 Å². The van der Waals surface area contributed by atoms with Gasteiger partial charge in [-0.05, 0) is 14.1 Å². The van der Waals surface area contributed by atoms with E-state index in [1.807, 2.05) is 25.9 Å². The number of hydrogen-bond acceptors (Lipinski definition) is 3. The van der Waals surface area contributed by atoms with Crippen LogP contribution in [0.15, 0.2) is 0 Å². The zero-order chi connectivity index (χ0) is 8.15. The second kappa shape index (κ2) is 4.41. The zero-order valence-electron chi connectivity index (χ0n) is 6.92. The predicted molar refractivity (Wildman–Crippen MR) is 41.8 cm³/mol. The lowest BCUT2D eigenvalue weighted by Gasteiger charge is -2.14. The highest BCUT2D eigenvalue weighted by atomic mass is 16.1. The summed E-state index contributed by atoms with van der Waals surface area (Å²) < 4.78 is 0. The molecule has 0 unspecified atom stereocenters. The van der Waals surface area contributed by atoms with Gasteiger partial charge in [0.25, 0.3) is 0 Å². The molecule has 0 aliphatic carbocycles. The molecule has 0 aromatic heterocycles. The Morgan fingerprint density at radius 2 is 2.10 bits per heavy atom. The van der Waals surface area contributed by atoms with Crippen molar-refractivity contribution in [1.29, 1.82) is 0 Å². The van der Waals surface area contributed by atoms with Crippen LogP contribution in [0.5, 0.6) is 0 Å². The lowest BCUT2D eigenvalue weighted by atomic mass is 10.1. The summed E-state index contributed by atoms with van der Waals surface area (Å²) >= 11 is 0. The third-order valence-corrected chi connectivity index (χ3v) is 1.32. The molecule has 1 atom stereocenters. The Labute approximate surface area is 62.2 Å². The topological polar surface area (TPSA) is 46.3 Å². The first-order chi connectivity index (χ1) is 4.57. The van der Waals surface area contributed by atoms with Gasteiger partial charge in [0, 0.05) is 13.0 Å². The maximum absolute atomic E-state index is 10.9.